The highest BCUT2D eigenvalue weighted by molar-refractivity contribution is 7.98. The quantitative estimate of drug-likeness (QED) is 0.700. The third-order valence-electron chi connectivity index (χ3n) is 2.66. The van der Waals surface area contributed by atoms with Crippen LogP contribution in [0, 0.1) is 0 Å². The first-order valence-corrected chi connectivity index (χ1v) is 6.41. The fourth-order valence-electron chi connectivity index (χ4n) is 1.85. The van der Waals surface area contributed by atoms with E-state index in [1.807, 2.05) is 0 Å². The summed E-state index contributed by atoms with van der Waals surface area (Å²) in [5.41, 5.74) is 0. The minimum absolute atomic E-state index is 0.468. The molecule has 1 saturated carbocycles. The fourth-order valence-corrected chi connectivity index (χ4v) is 2.26. The average Bonchev–Trinajstić information content (AvgIpc) is 2.72. The van der Waals surface area contributed by atoms with Gasteiger partial charge in [-0.1, -0.05) is 0 Å². The van der Waals surface area contributed by atoms with Crippen LogP contribution in [0.15, 0.2) is 29.2 Å². The van der Waals surface area contributed by atoms with Crippen molar-refractivity contribution in [3.8, 4) is 5.75 Å². The van der Waals surface area contributed by atoms with Crippen molar-refractivity contribution in [2.24, 2.45) is 0 Å². The molecule has 0 saturated heterocycles. The highest BCUT2D eigenvalue weighted by Crippen LogP contribution is 2.25. The Morgan fingerprint density at radius 3 is 2.36 bits per heavy atom. The summed E-state index contributed by atoms with van der Waals surface area (Å²) in [6.07, 6.45) is 7.66. The average molecular weight is 208 g/mol. The summed E-state index contributed by atoms with van der Waals surface area (Å²) in [7, 11) is 0. The Morgan fingerprint density at radius 2 is 1.79 bits per heavy atom. The van der Waals surface area contributed by atoms with Gasteiger partial charge in [0, 0.05) is 4.90 Å². The van der Waals surface area contributed by atoms with Crippen LogP contribution < -0.4 is 4.74 Å². The van der Waals surface area contributed by atoms with Crippen LogP contribution in [0.3, 0.4) is 0 Å². The third kappa shape index (κ3) is 2.44. The smallest absolute Gasteiger partial charge is 0.119 e. The van der Waals surface area contributed by atoms with Crippen molar-refractivity contribution < 1.29 is 4.74 Å². The maximum atomic E-state index is 5.87. The van der Waals surface area contributed by atoms with Gasteiger partial charge in [-0.25, -0.2) is 0 Å². The molecular formula is C12H16OS. The number of hydrogen-bond donors (Lipinski definition) is 0. The van der Waals surface area contributed by atoms with Crippen LogP contribution in [-0.4, -0.2) is 12.4 Å². The Morgan fingerprint density at radius 1 is 1.14 bits per heavy atom. The lowest BCUT2D eigenvalue weighted by Crippen LogP contribution is -2.10. The largest absolute Gasteiger partial charge is 0.490 e. The molecule has 2 rings (SSSR count). The van der Waals surface area contributed by atoms with E-state index in [1.54, 1.807) is 11.8 Å². The molecular weight excluding hydrogens is 192 g/mol. The molecule has 1 aromatic carbocycles. The van der Waals surface area contributed by atoms with Crippen LogP contribution in [0.1, 0.15) is 25.7 Å². The van der Waals surface area contributed by atoms with Gasteiger partial charge in [0.25, 0.3) is 0 Å². The maximum absolute atomic E-state index is 5.87. The molecule has 0 N–H and O–H groups in total. The lowest BCUT2D eigenvalue weighted by Gasteiger charge is -2.12. The van der Waals surface area contributed by atoms with Gasteiger partial charge in [-0.05, 0) is 56.2 Å². The van der Waals surface area contributed by atoms with Crippen molar-refractivity contribution in [3.63, 3.8) is 0 Å². The number of thioether (sulfide) groups is 1. The topological polar surface area (TPSA) is 9.23 Å². The maximum Gasteiger partial charge on any atom is 0.119 e. The molecule has 0 bridgehead atoms. The SMILES string of the molecule is CSc1ccc(OC2CCCC2)cc1. The summed E-state index contributed by atoms with van der Waals surface area (Å²) in [6.45, 7) is 0. The number of benzene rings is 1. The Bertz CT molecular complexity index is 275. The summed E-state index contributed by atoms with van der Waals surface area (Å²) in [6, 6.07) is 8.39. The predicted molar refractivity (Wildman–Crippen MR) is 61.1 cm³/mol. The molecule has 1 aliphatic rings. The zero-order chi connectivity index (χ0) is 9.80. The molecule has 0 atom stereocenters. The van der Waals surface area contributed by atoms with Crippen molar-refractivity contribution >= 4 is 11.8 Å². The van der Waals surface area contributed by atoms with Crippen molar-refractivity contribution in [1.82, 2.24) is 0 Å². The van der Waals surface area contributed by atoms with Gasteiger partial charge in [-0.2, -0.15) is 0 Å². The summed E-state index contributed by atoms with van der Waals surface area (Å²) in [4.78, 5) is 1.30. The predicted octanol–water partition coefficient (Wildman–Crippen LogP) is 3.73. The van der Waals surface area contributed by atoms with Crippen molar-refractivity contribution in [2.75, 3.05) is 6.26 Å². The van der Waals surface area contributed by atoms with Gasteiger partial charge in [0.2, 0.25) is 0 Å². The molecule has 0 aliphatic heterocycles. The molecule has 1 fully saturated rings. The number of hydrogen-bond acceptors (Lipinski definition) is 2. The van der Waals surface area contributed by atoms with E-state index in [9.17, 15) is 0 Å². The van der Waals surface area contributed by atoms with E-state index in [1.165, 1.54) is 30.6 Å². The lowest BCUT2D eigenvalue weighted by atomic mass is 10.3. The summed E-state index contributed by atoms with van der Waals surface area (Å²) in [5.74, 6) is 1.02. The number of ether oxygens (including phenoxy) is 1. The summed E-state index contributed by atoms with van der Waals surface area (Å²) < 4.78 is 5.87. The minimum atomic E-state index is 0.468. The van der Waals surface area contributed by atoms with E-state index in [-0.39, 0.29) is 0 Å². The Kier molecular flexibility index (Phi) is 3.35. The van der Waals surface area contributed by atoms with Gasteiger partial charge in [-0.3, -0.25) is 0 Å². The van der Waals surface area contributed by atoms with Gasteiger partial charge in [-0.15, -0.1) is 11.8 Å². The monoisotopic (exact) mass is 208 g/mol. The number of rotatable bonds is 3. The van der Waals surface area contributed by atoms with Gasteiger partial charge in [0.1, 0.15) is 5.75 Å². The molecule has 14 heavy (non-hydrogen) atoms. The molecule has 0 spiro atoms. The second-order valence-corrected chi connectivity index (χ2v) is 4.58. The van der Waals surface area contributed by atoms with Crippen LogP contribution in [0.25, 0.3) is 0 Å². The fraction of sp³-hybridized carbons (Fsp3) is 0.500. The van der Waals surface area contributed by atoms with E-state index in [4.69, 9.17) is 4.74 Å². The van der Waals surface area contributed by atoms with Crippen LogP contribution in [0.4, 0.5) is 0 Å². The van der Waals surface area contributed by atoms with Crippen molar-refractivity contribution in [3.05, 3.63) is 24.3 Å². The molecule has 0 heterocycles. The lowest BCUT2D eigenvalue weighted by molar-refractivity contribution is 0.210. The molecule has 0 aromatic heterocycles. The van der Waals surface area contributed by atoms with Crippen molar-refractivity contribution in [2.45, 2.75) is 36.7 Å². The van der Waals surface area contributed by atoms with E-state index >= 15 is 0 Å². The molecule has 0 radical (unpaired) electrons. The summed E-state index contributed by atoms with van der Waals surface area (Å²) >= 11 is 1.76. The van der Waals surface area contributed by atoms with E-state index in [0.717, 1.165) is 5.75 Å². The normalized spacial score (nSPS) is 17.2. The zero-order valence-electron chi connectivity index (χ0n) is 8.53. The Labute approximate surface area is 89.9 Å². The van der Waals surface area contributed by atoms with Gasteiger partial charge in [0.15, 0.2) is 0 Å². The van der Waals surface area contributed by atoms with Crippen LogP contribution in [0.2, 0.25) is 0 Å². The Balaban J connectivity index is 1.95. The minimum Gasteiger partial charge on any atom is -0.490 e. The molecule has 1 aliphatic carbocycles. The van der Waals surface area contributed by atoms with E-state index < -0.39 is 0 Å². The molecule has 1 nitrogen and oxygen atoms in total. The second-order valence-electron chi connectivity index (χ2n) is 3.70. The van der Waals surface area contributed by atoms with E-state index in [2.05, 4.69) is 30.5 Å². The highest BCUT2D eigenvalue weighted by atomic mass is 32.2. The Hall–Kier alpha value is -0.630. The van der Waals surface area contributed by atoms with Crippen LogP contribution in [-0.2, 0) is 0 Å². The molecule has 0 unspecified atom stereocenters. The van der Waals surface area contributed by atoms with Gasteiger partial charge < -0.3 is 4.74 Å². The van der Waals surface area contributed by atoms with Crippen LogP contribution >= 0.6 is 11.8 Å². The third-order valence-corrected chi connectivity index (χ3v) is 3.41. The molecule has 0 amide bonds. The first-order chi connectivity index (χ1) is 6.88. The second kappa shape index (κ2) is 4.74. The van der Waals surface area contributed by atoms with Gasteiger partial charge >= 0.3 is 0 Å². The van der Waals surface area contributed by atoms with Gasteiger partial charge in [0.05, 0.1) is 6.10 Å². The molecule has 2 heteroatoms. The first kappa shape index (κ1) is 9.91. The van der Waals surface area contributed by atoms with E-state index in [0.29, 0.717) is 6.10 Å². The highest BCUT2D eigenvalue weighted by Gasteiger charge is 2.15. The van der Waals surface area contributed by atoms with Crippen LogP contribution in [0.5, 0.6) is 5.75 Å². The first-order valence-electron chi connectivity index (χ1n) is 5.19. The zero-order valence-corrected chi connectivity index (χ0v) is 9.35. The summed E-state index contributed by atoms with van der Waals surface area (Å²) in [5, 5.41) is 0. The molecule has 1 aromatic rings. The standard InChI is InChI=1S/C12H16OS/c1-14-12-8-6-11(7-9-12)13-10-4-2-3-5-10/h6-10H,2-5H2,1H3. The van der Waals surface area contributed by atoms with Crippen molar-refractivity contribution in [1.29, 1.82) is 0 Å². The molecule has 76 valence electrons.